The molecule has 1 aromatic heterocycles. The fourth-order valence-corrected chi connectivity index (χ4v) is 1.71. The average Bonchev–Trinajstić information content (AvgIpc) is 2.45. The fourth-order valence-electron chi connectivity index (χ4n) is 1.71. The van der Waals surface area contributed by atoms with Gasteiger partial charge in [-0.15, -0.1) is 0 Å². The summed E-state index contributed by atoms with van der Waals surface area (Å²) in [5.41, 5.74) is 0.852. The summed E-state index contributed by atoms with van der Waals surface area (Å²) in [7, 11) is 1.58. The Balaban J connectivity index is 2.11. The van der Waals surface area contributed by atoms with E-state index >= 15 is 0 Å². The van der Waals surface area contributed by atoms with Crippen LogP contribution in [0.25, 0.3) is 0 Å². The topological polar surface area (TPSA) is 63.6 Å². The van der Waals surface area contributed by atoms with Gasteiger partial charge in [-0.2, -0.15) is 0 Å². The number of hydrogen-bond donors (Lipinski definition) is 2. The van der Waals surface area contributed by atoms with Gasteiger partial charge in [-0.05, 0) is 24.8 Å². The van der Waals surface area contributed by atoms with Gasteiger partial charge in [-0.3, -0.25) is 0 Å². The average molecular weight is 282 g/mol. The van der Waals surface area contributed by atoms with E-state index < -0.39 is 6.10 Å². The number of methoxy groups -OCH3 is 1. The number of aliphatic hydroxyl groups is 1. The summed E-state index contributed by atoms with van der Waals surface area (Å²) in [5, 5.41) is 12.9. The van der Waals surface area contributed by atoms with Gasteiger partial charge in [0.05, 0.1) is 31.7 Å². The molecule has 5 heteroatoms. The molecule has 0 amide bonds. The maximum atomic E-state index is 9.79. The number of pyridine rings is 1. The highest BCUT2D eigenvalue weighted by Crippen LogP contribution is 2.10. The lowest BCUT2D eigenvalue weighted by Gasteiger charge is -2.13. The Labute approximate surface area is 121 Å². The summed E-state index contributed by atoms with van der Waals surface area (Å²) in [5.74, 6) is 1.28. The Morgan fingerprint density at radius 3 is 2.75 bits per heavy atom. The van der Waals surface area contributed by atoms with Crippen LogP contribution >= 0.6 is 0 Å². The van der Waals surface area contributed by atoms with Crippen LogP contribution in [-0.4, -0.2) is 43.1 Å². The largest absolute Gasteiger partial charge is 0.481 e. The first-order valence-corrected chi connectivity index (χ1v) is 7.11. The second-order valence-corrected chi connectivity index (χ2v) is 5.23. The first kappa shape index (κ1) is 16.7. The minimum absolute atomic E-state index is 0.356. The van der Waals surface area contributed by atoms with Gasteiger partial charge >= 0.3 is 0 Å². The lowest BCUT2D eigenvalue weighted by molar-refractivity contribution is 0.0409. The number of rotatable bonds is 10. The van der Waals surface area contributed by atoms with Gasteiger partial charge in [0.1, 0.15) is 0 Å². The molecule has 114 valence electrons. The van der Waals surface area contributed by atoms with E-state index in [0.717, 1.165) is 18.5 Å². The van der Waals surface area contributed by atoms with Crippen LogP contribution in [0.2, 0.25) is 0 Å². The van der Waals surface area contributed by atoms with E-state index in [2.05, 4.69) is 24.1 Å². The third-order valence-corrected chi connectivity index (χ3v) is 2.87. The minimum Gasteiger partial charge on any atom is -0.481 e. The Morgan fingerprint density at radius 1 is 1.35 bits per heavy atom. The highest BCUT2D eigenvalue weighted by atomic mass is 16.5. The number of nitrogens with zero attached hydrogens (tertiary/aromatic N) is 1. The molecule has 1 aromatic rings. The second-order valence-electron chi connectivity index (χ2n) is 5.23. The predicted octanol–water partition coefficient (Wildman–Crippen LogP) is 2.32. The van der Waals surface area contributed by atoms with Gasteiger partial charge in [0, 0.05) is 19.2 Å². The van der Waals surface area contributed by atoms with Crippen molar-refractivity contribution in [3.8, 4) is 5.88 Å². The van der Waals surface area contributed by atoms with E-state index in [1.165, 1.54) is 0 Å². The van der Waals surface area contributed by atoms with E-state index in [1.54, 1.807) is 19.4 Å². The second kappa shape index (κ2) is 9.55. The van der Waals surface area contributed by atoms with Crippen molar-refractivity contribution in [1.82, 2.24) is 4.98 Å². The summed E-state index contributed by atoms with van der Waals surface area (Å²) in [6.45, 7) is 5.90. The zero-order valence-electron chi connectivity index (χ0n) is 12.6. The van der Waals surface area contributed by atoms with Crippen LogP contribution in [0.15, 0.2) is 18.3 Å². The monoisotopic (exact) mass is 282 g/mol. The van der Waals surface area contributed by atoms with Crippen molar-refractivity contribution in [2.24, 2.45) is 5.92 Å². The van der Waals surface area contributed by atoms with E-state index in [0.29, 0.717) is 31.6 Å². The highest BCUT2D eigenvalue weighted by Gasteiger charge is 2.04. The maximum Gasteiger partial charge on any atom is 0.213 e. The summed E-state index contributed by atoms with van der Waals surface area (Å²) in [6, 6.07) is 3.64. The fraction of sp³-hybridized carbons (Fsp3) is 0.667. The van der Waals surface area contributed by atoms with Crippen LogP contribution in [0, 0.1) is 5.92 Å². The Morgan fingerprint density at radius 2 is 2.15 bits per heavy atom. The molecule has 0 spiro atoms. The van der Waals surface area contributed by atoms with Gasteiger partial charge in [0.25, 0.3) is 0 Å². The normalized spacial score (nSPS) is 12.4. The molecule has 0 aromatic carbocycles. The number of aliphatic hydroxyl groups excluding tert-OH is 1. The number of hydrogen-bond acceptors (Lipinski definition) is 5. The van der Waals surface area contributed by atoms with Crippen LogP contribution in [-0.2, 0) is 4.74 Å². The molecule has 0 saturated carbocycles. The van der Waals surface area contributed by atoms with Gasteiger partial charge in [-0.25, -0.2) is 4.98 Å². The van der Waals surface area contributed by atoms with Crippen LogP contribution in [0.5, 0.6) is 5.88 Å². The molecular weight excluding hydrogens is 256 g/mol. The van der Waals surface area contributed by atoms with Crippen molar-refractivity contribution in [2.75, 3.05) is 32.2 Å². The summed E-state index contributed by atoms with van der Waals surface area (Å²) in [6.07, 6.45) is 3.36. The van der Waals surface area contributed by atoms with Crippen LogP contribution in [0.3, 0.4) is 0 Å². The molecule has 1 atom stereocenters. The van der Waals surface area contributed by atoms with Gasteiger partial charge in [-0.1, -0.05) is 13.8 Å². The van der Waals surface area contributed by atoms with E-state index in [-0.39, 0.29) is 0 Å². The van der Waals surface area contributed by atoms with Crippen molar-refractivity contribution >= 4 is 5.69 Å². The zero-order valence-corrected chi connectivity index (χ0v) is 12.6. The molecule has 0 bridgehead atoms. The van der Waals surface area contributed by atoms with Gasteiger partial charge in [0.15, 0.2) is 0 Å². The maximum absolute atomic E-state index is 9.79. The molecule has 0 radical (unpaired) electrons. The van der Waals surface area contributed by atoms with Crippen LogP contribution in [0.1, 0.15) is 26.7 Å². The molecule has 0 aliphatic rings. The lowest BCUT2D eigenvalue weighted by atomic mass is 10.1. The molecule has 0 aliphatic carbocycles. The molecular formula is C15H26N2O3. The molecule has 0 saturated heterocycles. The number of aromatic nitrogens is 1. The molecule has 1 heterocycles. The van der Waals surface area contributed by atoms with E-state index in [9.17, 15) is 5.11 Å². The van der Waals surface area contributed by atoms with E-state index in [1.807, 2.05) is 6.07 Å². The molecule has 5 nitrogen and oxygen atoms in total. The predicted molar refractivity (Wildman–Crippen MR) is 80.2 cm³/mol. The molecule has 20 heavy (non-hydrogen) atoms. The zero-order chi connectivity index (χ0) is 14.8. The first-order valence-electron chi connectivity index (χ1n) is 7.11. The Bertz CT molecular complexity index is 355. The quantitative estimate of drug-likeness (QED) is 0.645. The lowest BCUT2D eigenvalue weighted by Crippen LogP contribution is -2.25. The standard InChI is InChI=1S/C15H26N2O3/c1-12(2)5-4-8-20-11-14(18)10-16-13-6-7-15(19-3)17-9-13/h6-7,9,12,14,16,18H,4-5,8,10-11H2,1-3H3. The van der Waals surface area contributed by atoms with Crippen molar-refractivity contribution in [3.63, 3.8) is 0 Å². The molecule has 0 aliphatic heterocycles. The van der Waals surface area contributed by atoms with Gasteiger partial charge in [0.2, 0.25) is 5.88 Å². The molecule has 0 fully saturated rings. The van der Waals surface area contributed by atoms with Crippen molar-refractivity contribution in [2.45, 2.75) is 32.8 Å². The van der Waals surface area contributed by atoms with Crippen LogP contribution < -0.4 is 10.1 Å². The summed E-state index contributed by atoms with van der Waals surface area (Å²) in [4.78, 5) is 4.08. The number of ether oxygens (including phenoxy) is 2. The van der Waals surface area contributed by atoms with E-state index in [4.69, 9.17) is 9.47 Å². The molecule has 2 N–H and O–H groups in total. The first-order chi connectivity index (χ1) is 9.61. The molecule has 1 unspecified atom stereocenters. The summed E-state index contributed by atoms with van der Waals surface area (Å²) >= 11 is 0. The third kappa shape index (κ3) is 7.31. The third-order valence-electron chi connectivity index (χ3n) is 2.87. The van der Waals surface area contributed by atoms with Gasteiger partial charge < -0.3 is 19.9 Å². The van der Waals surface area contributed by atoms with Crippen molar-refractivity contribution in [1.29, 1.82) is 0 Å². The number of nitrogens with one attached hydrogen (secondary N) is 1. The number of anilines is 1. The smallest absolute Gasteiger partial charge is 0.213 e. The SMILES string of the molecule is COc1ccc(NCC(O)COCCCC(C)C)cn1. The van der Waals surface area contributed by atoms with Crippen molar-refractivity contribution < 1.29 is 14.6 Å². The Hall–Kier alpha value is -1.33. The Kier molecular flexibility index (Phi) is 7.99. The van der Waals surface area contributed by atoms with Crippen molar-refractivity contribution in [3.05, 3.63) is 18.3 Å². The minimum atomic E-state index is -0.517. The molecule has 1 rings (SSSR count). The highest BCUT2D eigenvalue weighted by molar-refractivity contribution is 5.42. The summed E-state index contributed by atoms with van der Waals surface area (Å²) < 4.78 is 10.4. The van der Waals surface area contributed by atoms with Crippen LogP contribution in [0.4, 0.5) is 5.69 Å².